The van der Waals surface area contributed by atoms with Crippen molar-refractivity contribution in [2.75, 3.05) is 42.5 Å². The number of rotatable bonds is 4. The molecule has 1 aliphatic rings. The fourth-order valence-electron chi connectivity index (χ4n) is 3.14. The van der Waals surface area contributed by atoms with Gasteiger partial charge >= 0.3 is 0 Å². The Labute approximate surface area is 149 Å². The van der Waals surface area contributed by atoms with Gasteiger partial charge in [-0.15, -0.1) is 0 Å². The monoisotopic (exact) mass is 339 g/mol. The summed E-state index contributed by atoms with van der Waals surface area (Å²) in [6.07, 6.45) is 1.81. The summed E-state index contributed by atoms with van der Waals surface area (Å²) in [6.45, 7) is 9.63. The standard InChI is InChI=1S/C19H25N5O/c1-4-24(17-7-5-6-15(2)14-17)18-8-9-20-19(21-18)23-12-10-22(11-13-23)16(3)25/h5-9,14H,4,10-13H2,1-3H3. The molecular weight excluding hydrogens is 314 g/mol. The molecule has 1 aromatic heterocycles. The van der Waals surface area contributed by atoms with Gasteiger partial charge in [0.05, 0.1) is 0 Å². The normalized spacial score (nSPS) is 14.5. The van der Waals surface area contributed by atoms with Crippen LogP contribution in [0.3, 0.4) is 0 Å². The Hall–Kier alpha value is -2.63. The third-order valence-electron chi connectivity index (χ3n) is 4.54. The highest BCUT2D eigenvalue weighted by molar-refractivity contribution is 5.73. The minimum Gasteiger partial charge on any atom is -0.339 e. The third kappa shape index (κ3) is 3.90. The van der Waals surface area contributed by atoms with Gasteiger partial charge in [-0.2, -0.15) is 4.98 Å². The zero-order chi connectivity index (χ0) is 17.8. The maximum Gasteiger partial charge on any atom is 0.227 e. The average molecular weight is 339 g/mol. The van der Waals surface area contributed by atoms with Crippen LogP contribution in [0.15, 0.2) is 36.5 Å². The lowest BCUT2D eigenvalue weighted by Gasteiger charge is -2.34. The minimum atomic E-state index is 0.130. The molecule has 1 amide bonds. The number of carbonyl (C=O) groups is 1. The molecule has 0 radical (unpaired) electrons. The van der Waals surface area contributed by atoms with E-state index in [0.29, 0.717) is 0 Å². The second-order valence-electron chi connectivity index (χ2n) is 6.29. The first-order valence-electron chi connectivity index (χ1n) is 8.76. The van der Waals surface area contributed by atoms with Crippen LogP contribution in [0.4, 0.5) is 17.5 Å². The summed E-state index contributed by atoms with van der Waals surface area (Å²) in [7, 11) is 0. The Morgan fingerprint density at radius 2 is 1.96 bits per heavy atom. The van der Waals surface area contributed by atoms with Gasteiger partial charge in [0.25, 0.3) is 0 Å². The number of piperazine rings is 1. The Morgan fingerprint density at radius 3 is 2.60 bits per heavy atom. The zero-order valence-electron chi connectivity index (χ0n) is 15.1. The number of aryl methyl sites for hydroxylation is 1. The molecule has 1 aromatic carbocycles. The van der Waals surface area contributed by atoms with E-state index in [9.17, 15) is 4.79 Å². The molecule has 0 atom stereocenters. The number of benzene rings is 1. The summed E-state index contributed by atoms with van der Waals surface area (Å²) >= 11 is 0. The molecule has 25 heavy (non-hydrogen) atoms. The molecule has 1 aliphatic heterocycles. The van der Waals surface area contributed by atoms with Crippen LogP contribution in [0, 0.1) is 6.92 Å². The van der Waals surface area contributed by atoms with E-state index in [2.05, 4.69) is 52.9 Å². The van der Waals surface area contributed by atoms with E-state index in [-0.39, 0.29) is 5.91 Å². The van der Waals surface area contributed by atoms with E-state index in [1.165, 1.54) is 5.56 Å². The van der Waals surface area contributed by atoms with E-state index < -0.39 is 0 Å². The maximum atomic E-state index is 11.5. The molecule has 0 saturated carbocycles. The van der Waals surface area contributed by atoms with Crippen molar-refractivity contribution < 1.29 is 4.79 Å². The fraction of sp³-hybridized carbons (Fsp3) is 0.421. The predicted molar refractivity (Wildman–Crippen MR) is 100 cm³/mol. The molecule has 0 aliphatic carbocycles. The number of hydrogen-bond donors (Lipinski definition) is 0. The van der Waals surface area contributed by atoms with Crippen molar-refractivity contribution in [2.45, 2.75) is 20.8 Å². The molecule has 0 unspecified atom stereocenters. The summed E-state index contributed by atoms with van der Waals surface area (Å²) in [5.41, 5.74) is 2.36. The van der Waals surface area contributed by atoms with Crippen LogP contribution < -0.4 is 9.80 Å². The minimum absolute atomic E-state index is 0.130. The molecule has 6 heteroatoms. The van der Waals surface area contributed by atoms with Gasteiger partial charge in [0.15, 0.2) is 0 Å². The van der Waals surface area contributed by atoms with Crippen LogP contribution in [0.25, 0.3) is 0 Å². The summed E-state index contributed by atoms with van der Waals surface area (Å²) < 4.78 is 0. The average Bonchev–Trinajstić information content (AvgIpc) is 2.63. The highest BCUT2D eigenvalue weighted by atomic mass is 16.2. The van der Waals surface area contributed by atoms with E-state index in [1.54, 1.807) is 6.92 Å². The number of aromatic nitrogens is 2. The molecular formula is C19H25N5O. The van der Waals surface area contributed by atoms with Crippen molar-refractivity contribution >= 4 is 23.4 Å². The Balaban J connectivity index is 1.80. The van der Waals surface area contributed by atoms with Crippen LogP contribution >= 0.6 is 0 Å². The number of hydrogen-bond acceptors (Lipinski definition) is 5. The van der Waals surface area contributed by atoms with Gasteiger partial charge < -0.3 is 14.7 Å². The number of nitrogens with zero attached hydrogens (tertiary/aromatic N) is 5. The summed E-state index contributed by atoms with van der Waals surface area (Å²) in [5, 5.41) is 0. The third-order valence-corrected chi connectivity index (χ3v) is 4.54. The van der Waals surface area contributed by atoms with Crippen molar-refractivity contribution in [3.8, 4) is 0 Å². The first-order valence-corrected chi connectivity index (χ1v) is 8.76. The zero-order valence-corrected chi connectivity index (χ0v) is 15.1. The van der Waals surface area contributed by atoms with Crippen molar-refractivity contribution in [1.82, 2.24) is 14.9 Å². The summed E-state index contributed by atoms with van der Waals surface area (Å²) in [4.78, 5) is 26.9. The predicted octanol–water partition coefficient (Wildman–Crippen LogP) is 2.61. The molecule has 0 bridgehead atoms. The molecule has 1 fully saturated rings. The Bertz CT molecular complexity index is 740. The lowest BCUT2D eigenvalue weighted by atomic mass is 10.2. The molecule has 1 saturated heterocycles. The second kappa shape index (κ2) is 7.51. The number of carbonyl (C=O) groups excluding carboxylic acids is 1. The van der Waals surface area contributed by atoms with Crippen molar-refractivity contribution in [3.05, 3.63) is 42.1 Å². The number of amides is 1. The highest BCUT2D eigenvalue weighted by Gasteiger charge is 2.21. The van der Waals surface area contributed by atoms with Gasteiger partial charge in [0.2, 0.25) is 11.9 Å². The second-order valence-corrected chi connectivity index (χ2v) is 6.29. The van der Waals surface area contributed by atoms with Gasteiger partial charge in [-0.1, -0.05) is 12.1 Å². The number of anilines is 3. The van der Waals surface area contributed by atoms with Gasteiger partial charge in [-0.25, -0.2) is 4.98 Å². The Morgan fingerprint density at radius 1 is 1.20 bits per heavy atom. The summed E-state index contributed by atoms with van der Waals surface area (Å²) in [5.74, 6) is 1.75. The molecule has 6 nitrogen and oxygen atoms in total. The molecule has 0 spiro atoms. The van der Waals surface area contributed by atoms with Gasteiger partial charge in [0, 0.05) is 51.5 Å². The van der Waals surface area contributed by atoms with Crippen LogP contribution in [0.2, 0.25) is 0 Å². The van der Waals surface area contributed by atoms with Gasteiger partial charge in [-0.3, -0.25) is 4.79 Å². The maximum absolute atomic E-state index is 11.5. The van der Waals surface area contributed by atoms with E-state index in [0.717, 1.165) is 50.2 Å². The molecule has 0 N–H and O–H groups in total. The van der Waals surface area contributed by atoms with Crippen LogP contribution in [0.5, 0.6) is 0 Å². The lowest BCUT2D eigenvalue weighted by molar-refractivity contribution is -0.129. The van der Waals surface area contributed by atoms with Crippen molar-refractivity contribution in [2.24, 2.45) is 0 Å². The van der Waals surface area contributed by atoms with Crippen molar-refractivity contribution in [3.63, 3.8) is 0 Å². The quantitative estimate of drug-likeness (QED) is 0.857. The SMILES string of the molecule is CCN(c1cccc(C)c1)c1ccnc(N2CCN(C(C)=O)CC2)n1. The molecule has 132 valence electrons. The molecule has 2 aromatic rings. The largest absolute Gasteiger partial charge is 0.339 e. The van der Waals surface area contributed by atoms with E-state index in [1.807, 2.05) is 17.2 Å². The Kier molecular flexibility index (Phi) is 5.16. The highest BCUT2D eigenvalue weighted by Crippen LogP contribution is 2.25. The topological polar surface area (TPSA) is 52.6 Å². The van der Waals surface area contributed by atoms with Gasteiger partial charge in [-0.05, 0) is 37.6 Å². The van der Waals surface area contributed by atoms with Crippen LogP contribution in [-0.2, 0) is 4.79 Å². The molecule has 2 heterocycles. The molecule has 3 rings (SSSR count). The van der Waals surface area contributed by atoms with E-state index >= 15 is 0 Å². The van der Waals surface area contributed by atoms with Crippen LogP contribution in [0.1, 0.15) is 19.4 Å². The first-order chi connectivity index (χ1) is 12.1. The summed E-state index contributed by atoms with van der Waals surface area (Å²) in [6, 6.07) is 10.4. The lowest BCUT2D eigenvalue weighted by Crippen LogP contribution is -2.48. The first kappa shape index (κ1) is 17.2. The van der Waals surface area contributed by atoms with Gasteiger partial charge in [0.1, 0.15) is 5.82 Å². The van der Waals surface area contributed by atoms with Crippen molar-refractivity contribution in [1.29, 1.82) is 0 Å². The van der Waals surface area contributed by atoms with E-state index in [4.69, 9.17) is 4.98 Å². The smallest absolute Gasteiger partial charge is 0.227 e. The fourth-order valence-corrected chi connectivity index (χ4v) is 3.14. The van der Waals surface area contributed by atoms with Crippen LogP contribution in [-0.4, -0.2) is 53.5 Å².